The van der Waals surface area contributed by atoms with Gasteiger partial charge in [0.2, 0.25) is 0 Å². The number of aryl methyl sites for hydroxylation is 1. The molecule has 1 unspecified atom stereocenters. The largest absolute Gasteiger partial charge is 0.377 e. The van der Waals surface area contributed by atoms with Gasteiger partial charge in [0.05, 0.1) is 17.9 Å². The molecule has 0 saturated heterocycles. The zero-order chi connectivity index (χ0) is 14.1. The maximum atomic E-state index is 13.1. The lowest BCUT2D eigenvalue weighted by Crippen LogP contribution is -2.13. The summed E-state index contributed by atoms with van der Waals surface area (Å²) in [6.07, 6.45) is 4.27. The van der Waals surface area contributed by atoms with Crippen molar-refractivity contribution in [3.05, 3.63) is 58.1 Å². The monoisotopic (exact) mass is 334 g/mol. The van der Waals surface area contributed by atoms with Gasteiger partial charge in [0.1, 0.15) is 10.4 Å². The maximum absolute atomic E-state index is 13.1. The van der Waals surface area contributed by atoms with Crippen LogP contribution in [-0.2, 0) is 0 Å². The maximum Gasteiger partial charge on any atom is 0.123 e. The molecule has 1 fully saturated rings. The van der Waals surface area contributed by atoms with Gasteiger partial charge in [-0.05, 0) is 70.9 Å². The Labute approximate surface area is 126 Å². The van der Waals surface area contributed by atoms with E-state index in [-0.39, 0.29) is 11.9 Å². The molecule has 1 heterocycles. The second-order valence-electron chi connectivity index (χ2n) is 5.34. The van der Waals surface area contributed by atoms with Crippen molar-refractivity contribution in [1.29, 1.82) is 0 Å². The fourth-order valence-corrected chi connectivity index (χ4v) is 2.61. The van der Waals surface area contributed by atoms with Gasteiger partial charge in [-0.2, -0.15) is 0 Å². The van der Waals surface area contributed by atoms with E-state index in [1.807, 2.05) is 25.3 Å². The zero-order valence-corrected chi connectivity index (χ0v) is 12.8. The molecule has 0 aliphatic heterocycles. The minimum atomic E-state index is -0.190. The molecule has 1 aliphatic carbocycles. The quantitative estimate of drug-likeness (QED) is 0.808. The Balaban J connectivity index is 1.84. The van der Waals surface area contributed by atoms with Crippen molar-refractivity contribution in [2.75, 3.05) is 5.32 Å². The highest BCUT2D eigenvalue weighted by molar-refractivity contribution is 9.10. The number of hydrogen-bond donors (Lipinski definition) is 1. The van der Waals surface area contributed by atoms with E-state index < -0.39 is 0 Å². The van der Waals surface area contributed by atoms with Crippen LogP contribution in [0.15, 0.2) is 41.1 Å². The number of rotatable bonds is 4. The molecule has 1 aromatic heterocycles. The Morgan fingerprint density at radius 2 is 2.00 bits per heavy atom. The number of anilines is 1. The standard InChI is InChI=1S/C16H16BrFN2/c1-10-8-14(9-19-16(10)17)20-15(11-2-3-11)12-4-6-13(18)7-5-12/h4-9,11,15,20H,2-3H2,1H3. The molecule has 2 nitrogen and oxygen atoms in total. The van der Waals surface area contributed by atoms with Crippen LogP contribution in [0.1, 0.15) is 30.0 Å². The molecule has 3 rings (SSSR count). The molecule has 1 aromatic carbocycles. The highest BCUT2D eigenvalue weighted by atomic mass is 79.9. The molecular formula is C16H16BrFN2. The second-order valence-corrected chi connectivity index (χ2v) is 6.09. The van der Waals surface area contributed by atoms with E-state index in [0.29, 0.717) is 5.92 Å². The normalized spacial score (nSPS) is 15.9. The van der Waals surface area contributed by atoms with Crippen molar-refractivity contribution in [2.24, 2.45) is 5.92 Å². The van der Waals surface area contributed by atoms with E-state index in [4.69, 9.17) is 0 Å². The third-order valence-corrected chi connectivity index (χ3v) is 4.49. The Hall–Kier alpha value is -1.42. The molecular weight excluding hydrogens is 319 g/mol. The van der Waals surface area contributed by atoms with E-state index in [1.54, 1.807) is 0 Å². The van der Waals surface area contributed by atoms with Gasteiger partial charge in [-0.25, -0.2) is 9.37 Å². The lowest BCUT2D eigenvalue weighted by molar-refractivity contribution is 0.622. The van der Waals surface area contributed by atoms with Crippen molar-refractivity contribution in [1.82, 2.24) is 4.98 Å². The Kier molecular flexibility index (Phi) is 3.74. The van der Waals surface area contributed by atoms with Gasteiger partial charge in [0, 0.05) is 0 Å². The summed E-state index contributed by atoms with van der Waals surface area (Å²) < 4.78 is 13.9. The van der Waals surface area contributed by atoms with Crippen LogP contribution in [0.25, 0.3) is 0 Å². The first-order chi connectivity index (χ1) is 9.63. The summed E-state index contributed by atoms with van der Waals surface area (Å²) in [4.78, 5) is 4.31. The summed E-state index contributed by atoms with van der Waals surface area (Å²) in [6, 6.07) is 9.10. The summed E-state index contributed by atoms with van der Waals surface area (Å²) in [5.74, 6) is 0.439. The number of halogens is 2. The SMILES string of the molecule is Cc1cc(NC(c2ccc(F)cc2)C2CC2)cnc1Br. The first kappa shape index (κ1) is 13.6. The summed E-state index contributed by atoms with van der Waals surface area (Å²) in [5, 5.41) is 3.54. The Morgan fingerprint density at radius 3 is 2.60 bits per heavy atom. The van der Waals surface area contributed by atoms with E-state index in [9.17, 15) is 4.39 Å². The summed E-state index contributed by atoms with van der Waals surface area (Å²) in [5.41, 5.74) is 3.24. The van der Waals surface area contributed by atoms with Crippen molar-refractivity contribution < 1.29 is 4.39 Å². The van der Waals surface area contributed by atoms with Crippen LogP contribution in [0.3, 0.4) is 0 Å². The smallest absolute Gasteiger partial charge is 0.123 e. The van der Waals surface area contributed by atoms with Gasteiger partial charge in [0.15, 0.2) is 0 Å². The van der Waals surface area contributed by atoms with E-state index in [0.717, 1.165) is 21.4 Å². The molecule has 0 bridgehead atoms. The minimum Gasteiger partial charge on any atom is -0.377 e. The third-order valence-electron chi connectivity index (χ3n) is 3.66. The molecule has 1 atom stereocenters. The molecule has 20 heavy (non-hydrogen) atoms. The molecule has 1 aliphatic rings. The average molecular weight is 335 g/mol. The Bertz CT molecular complexity index is 608. The van der Waals surface area contributed by atoms with Crippen molar-refractivity contribution in [3.8, 4) is 0 Å². The lowest BCUT2D eigenvalue weighted by atomic mass is 10.0. The van der Waals surface area contributed by atoms with Crippen molar-refractivity contribution in [2.45, 2.75) is 25.8 Å². The lowest BCUT2D eigenvalue weighted by Gasteiger charge is -2.20. The van der Waals surface area contributed by atoms with Gasteiger partial charge in [-0.3, -0.25) is 0 Å². The van der Waals surface area contributed by atoms with Gasteiger partial charge in [-0.1, -0.05) is 12.1 Å². The number of aromatic nitrogens is 1. The predicted molar refractivity (Wildman–Crippen MR) is 82.2 cm³/mol. The van der Waals surface area contributed by atoms with Crippen LogP contribution in [0.4, 0.5) is 10.1 Å². The van der Waals surface area contributed by atoms with E-state index in [1.165, 1.54) is 25.0 Å². The predicted octanol–water partition coefficient (Wildman–Crippen LogP) is 4.85. The van der Waals surface area contributed by atoms with Crippen LogP contribution in [0.5, 0.6) is 0 Å². The van der Waals surface area contributed by atoms with Crippen LogP contribution in [0, 0.1) is 18.7 Å². The third kappa shape index (κ3) is 3.01. The molecule has 0 amide bonds. The fraction of sp³-hybridized carbons (Fsp3) is 0.312. The molecule has 0 radical (unpaired) electrons. The van der Waals surface area contributed by atoms with Crippen molar-refractivity contribution in [3.63, 3.8) is 0 Å². The second kappa shape index (κ2) is 5.52. The summed E-state index contributed by atoms with van der Waals surface area (Å²) >= 11 is 3.41. The molecule has 1 saturated carbocycles. The number of benzene rings is 1. The zero-order valence-electron chi connectivity index (χ0n) is 11.2. The topological polar surface area (TPSA) is 24.9 Å². The number of nitrogens with one attached hydrogen (secondary N) is 1. The fourth-order valence-electron chi connectivity index (χ4n) is 2.39. The van der Waals surface area contributed by atoms with Crippen LogP contribution in [-0.4, -0.2) is 4.98 Å². The molecule has 104 valence electrons. The highest BCUT2D eigenvalue weighted by Gasteiger charge is 2.32. The van der Waals surface area contributed by atoms with Crippen LogP contribution in [0.2, 0.25) is 0 Å². The molecule has 2 aromatic rings. The van der Waals surface area contributed by atoms with Gasteiger partial charge in [-0.15, -0.1) is 0 Å². The summed E-state index contributed by atoms with van der Waals surface area (Å²) in [6.45, 7) is 2.02. The Morgan fingerprint density at radius 1 is 1.30 bits per heavy atom. The van der Waals surface area contributed by atoms with Gasteiger partial charge < -0.3 is 5.32 Å². The molecule has 4 heteroatoms. The molecule has 1 N–H and O–H groups in total. The first-order valence-corrected chi connectivity index (χ1v) is 7.57. The molecule has 0 spiro atoms. The van der Waals surface area contributed by atoms with Crippen molar-refractivity contribution >= 4 is 21.6 Å². The van der Waals surface area contributed by atoms with Crippen LogP contribution < -0.4 is 5.32 Å². The van der Waals surface area contributed by atoms with E-state index >= 15 is 0 Å². The van der Waals surface area contributed by atoms with Gasteiger partial charge in [0.25, 0.3) is 0 Å². The first-order valence-electron chi connectivity index (χ1n) is 6.77. The minimum absolute atomic E-state index is 0.190. The number of hydrogen-bond acceptors (Lipinski definition) is 2. The van der Waals surface area contributed by atoms with E-state index in [2.05, 4.69) is 32.3 Å². The van der Waals surface area contributed by atoms with Crippen LogP contribution >= 0.6 is 15.9 Å². The van der Waals surface area contributed by atoms with Gasteiger partial charge >= 0.3 is 0 Å². The number of nitrogens with zero attached hydrogens (tertiary/aromatic N) is 1. The highest BCUT2D eigenvalue weighted by Crippen LogP contribution is 2.43. The number of pyridine rings is 1. The average Bonchev–Trinajstić information content (AvgIpc) is 3.26. The summed E-state index contributed by atoms with van der Waals surface area (Å²) in [7, 11) is 0.